The Morgan fingerprint density at radius 2 is 1.96 bits per heavy atom. The summed E-state index contributed by atoms with van der Waals surface area (Å²) in [6, 6.07) is 7.59. The summed E-state index contributed by atoms with van der Waals surface area (Å²) in [4.78, 5) is 40.5. The summed E-state index contributed by atoms with van der Waals surface area (Å²) in [6.45, 7) is 11.6. The van der Waals surface area contributed by atoms with E-state index in [1.54, 1.807) is 11.8 Å². The summed E-state index contributed by atoms with van der Waals surface area (Å²) in [5, 5.41) is 2.99. The van der Waals surface area contributed by atoms with Gasteiger partial charge in [0.25, 0.3) is 0 Å². The number of nitrogens with one attached hydrogen (secondary N) is 1. The third-order valence-electron chi connectivity index (χ3n) is 5.12. The van der Waals surface area contributed by atoms with Gasteiger partial charge in [0.15, 0.2) is 0 Å². The van der Waals surface area contributed by atoms with Gasteiger partial charge in [-0.3, -0.25) is 14.4 Å². The average Bonchev–Trinajstić information content (AvgIpc) is 2.65. The van der Waals surface area contributed by atoms with Crippen molar-refractivity contribution in [1.29, 1.82) is 0 Å². The van der Waals surface area contributed by atoms with E-state index in [-0.39, 0.29) is 23.6 Å². The summed E-state index contributed by atoms with van der Waals surface area (Å²) >= 11 is 0. The van der Waals surface area contributed by atoms with E-state index in [4.69, 9.17) is 0 Å². The van der Waals surface area contributed by atoms with Crippen molar-refractivity contribution in [3.8, 4) is 0 Å². The zero-order chi connectivity index (χ0) is 20.9. The Bertz CT molecular complexity index is 724. The molecule has 1 atom stereocenters. The lowest BCUT2D eigenvalue weighted by Gasteiger charge is -2.35. The normalized spacial score (nSPS) is 17.2. The molecule has 6 nitrogen and oxygen atoms in total. The quantitative estimate of drug-likeness (QED) is 0.843. The van der Waals surface area contributed by atoms with Gasteiger partial charge in [-0.15, -0.1) is 0 Å². The number of piperidine rings is 1. The molecule has 0 radical (unpaired) electrons. The molecule has 2 rings (SSSR count). The van der Waals surface area contributed by atoms with E-state index in [1.165, 1.54) is 0 Å². The van der Waals surface area contributed by atoms with Crippen LogP contribution >= 0.6 is 0 Å². The number of rotatable bonds is 5. The van der Waals surface area contributed by atoms with Crippen LogP contribution in [0.15, 0.2) is 24.3 Å². The smallest absolute Gasteiger partial charge is 0.229 e. The fraction of sp³-hybridized carbons (Fsp3) is 0.591. The van der Waals surface area contributed by atoms with Gasteiger partial charge in [0, 0.05) is 44.2 Å². The Morgan fingerprint density at radius 3 is 2.57 bits per heavy atom. The summed E-state index contributed by atoms with van der Waals surface area (Å²) < 4.78 is 0. The second kappa shape index (κ2) is 9.22. The van der Waals surface area contributed by atoms with Gasteiger partial charge >= 0.3 is 0 Å². The van der Waals surface area contributed by atoms with Crippen LogP contribution in [0.1, 0.15) is 53.0 Å². The molecular weight excluding hydrogens is 354 g/mol. The molecule has 0 saturated carbocycles. The third kappa shape index (κ3) is 5.81. The van der Waals surface area contributed by atoms with Crippen LogP contribution < -0.4 is 5.32 Å². The Balaban J connectivity index is 2.01. The molecule has 3 amide bonds. The molecule has 6 heteroatoms. The molecule has 1 unspecified atom stereocenters. The predicted octanol–water partition coefficient (Wildman–Crippen LogP) is 3.28. The Hall–Kier alpha value is -2.37. The topological polar surface area (TPSA) is 69.7 Å². The predicted molar refractivity (Wildman–Crippen MR) is 111 cm³/mol. The molecule has 0 bridgehead atoms. The molecule has 1 heterocycles. The van der Waals surface area contributed by atoms with Gasteiger partial charge in [-0.25, -0.2) is 0 Å². The number of carbonyl (C=O) groups is 3. The molecule has 28 heavy (non-hydrogen) atoms. The van der Waals surface area contributed by atoms with Crippen LogP contribution in [0.3, 0.4) is 0 Å². The molecule has 1 aromatic carbocycles. The molecule has 1 aromatic rings. The van der Waals surface area contributed by atoms with E-state index in [0.717, 1.165) is 24.1 Å². The van der Waals surface area contributed by atoms with Crippen molar-refractivity contribution in [2.45, 2.75) is 54.0 Å². The van der Waals surface area contributed by atoms with Crippen LogP contribution in [0.4, 0.5) is 5.69 Å². The number of nitrogens with zero attached hydrogens (tertiary/aromatic N) is 2. The summed E-state index contributed by atoms with van der Waals surface area (Å²) in [5.41, 5.74) is 1.26. The Kier molecular flexibility index (Phi) is 7.22. The molecule has 154 valence electrons. The maximum Gasteiger partial charge on any atom is 0.229 e. The second-order valence-electron chi connectivity index (χ2n) is 8.56. The monoisotopic (exact) mass is 387 g/mol. The zero-order valence-corrected chi connectivity index (χ0v) is 17.7. The van der Waals surface area contributed by atoms with Crippen molar-refractivity contribution in [2.24, 2.45) is 11.3 Å². The number of hydrogen-bond donors (Lipinski definition) is 1. The zero-order valence-electron chi connectivity index (χ0n) is 17.7. The molecule has 1 saturated heterocycles. The van der Waals surface area contributed by atoms with Gasteiger partial charge in [0.05, 0.1) is 5.92 Å². The van der Waals surface area contributed by atoms with E-state index in [0.29, 0.717) is 26.2 Å². The first-order valence-corrected chi connectivity index (χ1v) is 10.1. The van der Waals surface area contributed by atoms with E-state index in [1.807, 2.05) is 56.9 Å². The number of carbonyl (C=O) groups excluding carboxylic acids is 3. The van der Waals surface area contributed by atoms with Gasteiger partial charge in [0.2, 0.25) is 17.7 Å². The minimum atomic E-state index is -0.436. The van der Waals surface area contributed by atoms with Crippen molar-refractivity contribution in [3.63, 3.8) is 0 Å². The van der Waals surface area contributed by atoms with Crippen LogP contribution in [0.25, 0.3) is 0 Å². The largest absolute Gasteiger partial charge is 0.341 e. The molecular formula is C22H33N3O3. The highest BCUT2D eigenvalue weighted by Gasteiger charge is 2.33. The highest BCUT2D eigenvalue weighted by molar-refractivity contribution is 5.93. The fourth-order valence-corrected chi connectivity index (χ4v) is 3.51. The highest BCUT2D eigenvalue weighted by Crippen LogP contribution is 2.24. The van der Waals surface area contributed by atoms with Crippen molar-refractivity contribution >= 4 is 23.4 Å². The maximum atomic E-state index is 12.8. The SMILES string of the molecule is CCN(Cc1cccc(NC(=O)C2CCCN(C(=O)C(C)(C)C)C2)c1)C(C)=O. The Morgan fingerprint density at radius 1 is 1.25 bits per heavy atom. The lowest BCUT2D eigenvalue weighted by atomic mass is 9.91. The molecule has 0 aromatic heterocycles. The van der Waals surface area contributed by atoms with Crippen LogP contribution in [-0.4, -0.2) is 47.2 Å². The fourth-order valence-electron chi connectivity index (χ4n) is 3.51. The standard InChI is InChI=1S/C22H33N3O3/c1-6-24(16(2)26)14-17-9-7-11-19(13-17)23-20(27)18-10-8-12-25(15-18)21(28)22(3,4)5/h7,9,11,13,18H,6,8,10,12,14-15H2,1-5H3,(H,23,27). The lowest BCUT2D eigenvalue weighted by molar-refractivity contribution is -0.142. The molecule has 1 aliphatic rings. The number of hydrogen-bond acceptors (Lipinski definition) is 3. The average molecular weight is 388 g/mol. The van der Waals surface area contributed by atoms with E-state index in [9.17, 15) is 14.4 Å². The molecule has 1 aliphatic heterocycles. The maximum absolute atomic E-state index is 12.8. The summed E-state index contributed by atoms with van der Waals surface area (Å²) in [5.74, 6) is -0.130. The van der Waals surface area contributed by atoms with Crippen LogP contribution in [0.5, 0.6) is 0 Å². The van der Waals surface area contributed by atoms with E-state index >= 15 is 0 Å². The van der Waals surface area contributed by atoms with Crippen molar-refractivity contribution in [3.05, 3.63) is 29.8 Å². The van der Waals surface area contributed by atoms with Gasteiger partial charge in [-0.1, -0.05) is 32.9 Å². The minimum absolute atomic E-state index is 0.0303. The number of likely N-dealkylation sites (tertiary alicyclic amines) is 1. The summed E-state index contributed by atoms with van der Waals surface area (Å²) in [7, 11) is 0. The van der Waals surface area contributed by atoms with E-state index in [2.05, 4.69) is 5.32 Å². The Labute approximate surface area is 168 Å². The first-order valence-electron chi connectivity index (χ1n) is 10.1. The van der Waals surface area contributed by atoms with Crippen molar-refractivity contribution in [1.82, 2.24) is 9.80 Å². The molecule has 0 spiro atoms. The number of benzene rings is 1. The van der Waals surface area contributed by atoms with Crippen molar-refractivity contribution in [2.75, 3.05) is 25.0 Å². The van der Waals surface area contributed by atoms with Gasteiger partial charge in [-0.2, -0.15) is 0 Å². The first-order chi connectivity index (χ1) is 13.1. The number of anilines is 1. The van der Waals surface area contributed by atoms with Crippen LogP contribution in [-0.2, 0) is 20.9 Å². The first kappa shape index (κ1) is 21.9. The van der Waals surface area contributed by atoms with Gasteiger partial charge in [-0.05, 0) is 37.5 Å². The second-order valence-corrected chi connectivity index (χ2v) is 8.56. The van der Waals surface area contributed by atoms with Crippen LogP contribution in [0.2, 0.25) is 0 Å². The summed E-state index contributed by atoms with van der Waals surface area (Å²) in [6.07, 6.45) is 1.62. The van der Waals surface area contributed by atoms with Gasteiger partial charge in [0.1, 0.15) is 0 Å². The number of amides is 3. The van der Waals surface area contributed by atoms with E-state index < -0.39 is 5.41 Å². The minimum Gasteiger partial charge on any atom is -0.341 e. The van der Waals surface area contributed by atoms with Crippen molar-refractivity contribution < 1.29 is 14.4 Å². The van der Waals surface area contributed by atoms with Gasteiger partial charge < -0.3 is 15.1 Å². The lowest BCUT2D eigenvalue weighted by Crippen LogP contribution is -2.47. The highest BCUT2D eigenvalue weighted by atomic mass is 16.2. The third-order valence-corrected chi connectivity index (χ3v) is 5.12. The van der Waals surface area contributed by atoms with Crippen LogP contribution in [0, 0.1) is 11.3 Å². The molecule has 0 aliphatic carbocycles. The molecule has 1 N–H and O–H groups in total. The molecule has 1 fully saturated rings.